The highest BCUT2D eigenvalue weighted by atomic mass is 19.1. The van der Waals surface area contributed by atoms with E-state index in [1.807, 2.05) is 27.7 Å². The Bertz CT molecular complexity index is 397. The number of halogens is 1. The monoisotopic (exact) mass is 237 g/mol. The molecule has 0 radical (unpaired) electrons. The first-order valence-corrected chi connectivity index (χ1v) is 5.98. The molecule has 2 nitrogen and oxygen atoms in total. The Balaban J connectivity index is 3.03. The molecule has 0 aliphatic heterocycles. The van der Waals surface area contributed by atoms with Crippen molar-refractivity contribution in [3.8, 4) is 0 Å². The van der Waals surface area contributed by atoms with Gasteiger partial charge in [-0.2, -0.15) is 0 Å². The number of carbonyl (C=O) groups excluding carboxylic acids is 1. The van der Waals surface area contributed by atoms with E-state index in [9.17, 15) is 9.18 Å². The van der Waals surface area contributed by atoms with Crippen molar-refractivity contribution in [2.45, 2.75) is 33.2 Å². The first-order chi connectivity index (χ1) is 7.93. The summed E-state index contributed by atoms with van der Waals surface area (Å²) in [4.78, 5) is 14.4. The SMILES string of the molecule is CCN(CC)C(C)(C)C(=O)c1cccc(F)c1. The van der Waals surface area contributed by atoms with Crippen LogP contribution in [0.2, 0.25) is 0 Å². The van der Waals surface area contributed by atoms with Crippen molar-refractivity contribution in [3.63, 3.8) is 0 Å². The molecule has 0 saturated heterocycles. The van der Waals surface area contributed by atoms with E-state index in [0.29, 0.717) is 5.56 Å². The van der Waals surface area contributed by atoms with Gasteiger partial charge < -0.3 is 0 Å². The van der Waals surface area contributed by atoms with E-state index in [4.69, 9.17) is 0 Å². The van der Waals surface area contributed by atoms with Gasteiger partial charge >= 0.3 is 0 Å². The number of nitrogens with zero attached hydrogens (tertiary/aromatic N) is 1. The van der Waals surface area contributed by atoms with Crippen LogP contribution in [0.25, 0.3) is 0 Å². The molecule has 0 bridgehead atoms. The molecular formula is C14H20FNO. The van der Waals surface area contributed by atoms with E-state index in [-0.39, 0.29) is 11.6 Å². The minimum Gasteiger partial charge on any atom is -0.292 e. The zero-order valence-electron chi connectivity index (χ0n) is 11.0. The maximum Gasteiger partial charge on any atom is 0.182 e. The van der Waals surface area contributed by atoms with Crippen LogP contribution in [0.5, 0.6) is 0 Å². The Kier molecular flexibility index (Phi) is 4.40. The zero-order valence-corrected chi connectivity index (χ0v) is 11.0. The maximum atomic E-state index is 13.1. The molecule has 94 valence electrons. The van der Waals surface area contributed by atoms with Gasteiger partial charge in [0.2, 0.25) is 0 Å². The lowest BCUT2D eigenvalue weighted by molar-refractivity contribution is 0.0668. The zero-order chi connectivity index (χ0) is 13.1. The lowest BCUT2D eigenvalue weighted by atomic mass is 9.91. The van der Waals surface area contributed by atoms with E-state index >= 15 is 0 Å². The molecule has 0 aliphatic rings. The predicted molar refractivity (Wildman–Crippen MR) is 67.7 cm³/mol. The van der Waals surface area contributed by atoms with E-state index in [1.165, 1.54) is 12.1 Å². The minimum atomic E-state index is -0.600. The fraction of sp³-hybridized carbons (Fsp3) is 0.500. The normalized spacial score (nSPS) is 11.9. The molecule has 1 rings (SSSR count). The second-order valence-corrected chi connectivity index (χ2v) is 4.57. The average Bonchev–Trinajstić information content (AvgIpc) is 2.29. The van der Waals surface area contributed by atoms with Crippen LogP contribution in [0.4, 0.5) is 4.39 Å². The summed E-state index contributed by atoms with van der Waals surface area (Å²) in [6, 6.07) is 5.88. The summed E-state index contributed by atoms with van der Waals surface area (Å²) in [5, 5.41) is 0. The van der Waals surface area contributed by atoms with Gasteiger partial charge in [-0.05, 0) is 39.1 Å². The number of Topliss-reactive ketones (excluding diaryl/α,β-unsaturated/α-hetero) is 1. The number of hydrogen-bond donors (Lipinski definition) is 0. The largest absolute Gasteiger partial charge is 0.292 e. The van der Waals surface area contributed by atoms with Crippen molar-refractivity contribution < 1.29 is 9.18 Å². The Hall–Kier alpha value is -1.22. The quantitative estimate of drug-likeness (QED) is 0.733. The Labute approximate surface area is 102 Å². The Morgan fingerprint density at radius 1 is 1.29 bits per heavy atom. The first-order valence-electron chi connectivity index (χ1n) is 5.98. The number of likely N-dealkylation sites (N-methyl/N-ethyl adjacent to an activating group) is 1. The van der Waals surface area contributed by atoms with Crippen LogP contribution >= 0.6 is 0 Å². The van der Waals surface area contributed by atoms with Crippen LogP contribution in [0.1, 0.15) is 38.1 Å². The summed E-state index contributed by atoms with van der Waals surface area (Å²) >= 11 is 0. The topological polar surface area (TPSA) is 20.3 Å². The second-order valence-electron chi connectivity index (χ2n) is 4.57. The van der Waals surface area contributed by atoms with Crippen molar-refractivity contribution >= 4 is 5.78 Å². The third kappa shape index (κ3) is 2.91. The molecular weight excluding hydrogens is 217 g/mol. The molecule has 0 aromatic heterocycles. The van der Waals surface area contributed by atoms with Gasteiger partial charge in [-0.1, -0.05) is 26.0 Å². The van der Waals surface area contributed by atoms with E-state index in [0.717, 1.165) is 13.1 Å². The highest BCUT2D eigenvalue weighted by Gasteiger charge is 2.33. The molecule has 1 aromatic rings. The maximum absolute atomic E-state index is 13.1. The predicted octanol–water partition coefficient (Wildman–Crippen LogP) is 3.13. The van der Waals surface area contributed by atoms with Gasteiger partial charge in [0.1, 0.15) is 5.82 Å². The third-order valence-electron chi connectivity index (χ3n) is 3.20. The van der Waals surface area contributed by atoms with Crippen LogP contribution in [0, 0.1) is 5.82 Å². The number of hydrogen-bond acceptors (Lipinski definition) is 2. The van der Waals surface area contributed by atoms with Crippen molar-refractivity contribution in [1.82, 2.24) is 4.90 Å². The summed E-state index contributed by atoms with van der Waals surface area (Å²) in [5.41, 5.74) is -0.168. The summed E-state index contributed by atoms with van der Waals surface area (Å²) in [5.74, 6) is -0.410. The van der Waals surface area contributed by atoms with Crippen LogP contribution in [0.15, 0.2) is 24.3 Å². The van der Waals surface area contributed by atoms with Gasteiger partial charge in [0.15, 0.2) is 5.78 Å². The number of ketones is 1. The summed E-state index contributed by atoms with van der Waals surface area (Å²) in [6.45, 7) is 9.39. The number of benzene rings is 1. The fourth-order valence-corrected chi connectivity index (χ4v) is 2.14. The van der Waals surface area contributed by atoms with Gasteiger partial charge in [0.25, 0.3) is 0 Å². The van der Waals surface area contributed by atoms with Gasteiger partial charge in [0.05, 0.1) is 5.54 Å². The highest BCUT2D eigenvalue weighted by Crippen LogP contribution is 2.20. The third-order valence-corrected chi connectivity index (χ3v) is 3.20. The summed E-state index contributed by atoms with van der Waals surface area (Å²) in [7, 11) is 0. The van der Waals surface area contributed by atoms with Crippen LogP contribution in [-0.4, -0.2) is 29.3 Å². The molecule has 0 spiro atoms. The standard InChI is InChI=1S/C14H20FNO/c1-5-16(6-2)14(3,4)13(17)11-8-7-9-12(15)10-11/h7-10H,5-6H2,1-4H3. The number of carbonyl (C=O) groups is 1. The van der Waals surface area contributed by atoms with Crippen LogP contribution in [-0.2, 0) is 0 Å². The smallest absolute Gasteiger partial charge is 0.182 e. The highest BCUT2D eigenvalue weighted by molar-refractivity contribution is 6.02. The van der Waals surface area contributed by atoms with Gasteiger partial charge in [-0.25, -0.2) is 4.39 Å². The second kappa shape index (κ2) is 5.41. The van der Waals surface area contributed by atoms with Gasteiger partial charge in [-0.3, -0.25) is 9.69 Å². The molecule has 0 fully saturated rings. The number of rotatable bonds is 5. The molecule has 0 N–H and O–H groups in total. The molecule has 3 heteroatoms. The van der Waals surface area contributed by atoms with Crippen molar-refractivity contribution in [3.05, 3.63) is 35.6 Å². The molecule has 0 atom stereocenters. The fourth-order valence-electron chi connectivity index (χ4n) is 2.14. The van der Waals surface area contributed by atoms with Crippen LogP contribution < -0.4 is 0 Å². The van der Waals surface area contributed by atoms with E-state index in [2.05, 4.69) is 4.90 Å². The Morgan fingerprint density at radius 3 is 2.35 bits per heavy atom. The minimum absolute atomic E-state index is 0.0410. The van der Waals surface area contributed by atoms with Gasteiger partial charge in [0, 0.05) is 5.56 Å². The Morgan fingerprint density at radius 2 is 1.88 bits per heavy atom. The molecule has 1 aromatic carbocycles. The molecule has 17 heavy (non-hydrogen) atoms. The van der Waals surface area contributed by atoms with Crippen molar-refractivity contribution in [2.75, 3.05) is 13.1 Å². The lowest BCUT2D eigenvalue weighted by Crippen LogP contribution is -2.49. The van der Waals surface area contributed by atoms with E-state index < -0.39 is 5.54 Å². The summed E-state index contributed by atoms with van der Waals surface area (Å²) in [6.07, 6.45) is 0. The van der Waals surface area contributed by atoms with Crippen molar-refractivity contribution in [1.29, 1.82) is 0 Å². The first kappa shape index (κ1) is 13.8. The molecule has 0 amide bonds. The molecule has 0 aliphatic carbocycles. The van der Waals surface area contributed by atoms with Crippen molar-refractivity contribution in [2.24, 2.45) is 0 Å². The van der Waals surface area contributed by atoms with Gasteiger partial charge in [-0.15, -0.1) is 0 Å². The lowest BCUT2D eigenvalue weighted by Gasteiger charge is -2.35. The van der Waals surface area contributed by atoms with E-state index in [1.54, 1.807) is 12.1 Å². The van der Waals surface area contributed by atoms with Crippen LogP contribution in [0.3, 0.4) is 0 Å². The average molecular weight is 237 g/mol. The molecule has 0 saturated carbocycles. The summed E-state index contributed by atoms with van der Waals surface area (Å²) < 4.78 is 13.1. The molecule has 0 unspecified atom stereocenters. The molecule has 0 heterocycles.